The number of nitrogens with zero attached hydrogens (tertiary/aromatic N) is 1. The molecule has 8 nitrogen and oxygen atoms in total. The summed E-state index contributed by atoms with van der Waals surface area (Å²) in [5.41, 5.74) is 2.06. The molecule has 2 N–H and O–H groups in total. The molecule has 0 saturated carbocycles. The number of amides is 1. The monoisotopic (exact) mass is 571 g/mol. The zero-order chi connectivity index (χ0) is 26.2. The van der Waals surface area contributed by atoms with Gasteiger partial charge in [0.1, 0.15) is 22.7 Å². The van der Waals surface area contributed by atoms with Gasteiger partial charge in [-0.25, -0.2) is 8.42 Å². The number of benzene rings is 2. The molecule has 0 spiro atoms. The van der Waals surface area contributed by atoms with E-state index in [1.807, 2.05) is 25.1 Å². The molecule has 0 aliphatic carbocycles. The van der Waals surface area contributed by atoms with Crippen molar-refractivity contribution >= 4 is 42.6 Å². The molecule has 0 fully saturated rings. The van der Waals surface area contributed by atoms with E-state index in [9.17, 15) is 18.0 Å². The first-order valence-corrected chi connectivity index (χ1v) is 13.8. The third-order valence-corrected chi connectivity index (χ3v) is 8.26. The Morgan fingerprint density at radius 1 is 1.14 bits per heavy atom. The van der Waals surface area contributed by atoms with Crippen molar-refractivity contribution < 1.29 is 17.9 Å². The highest BCUT2D eigenvalue weighted by Crippen LogP contribution is 2.41. The van der Waals surface area contributed by atoms with Gasteiger partial charge in [-0.1, -0.05) is 19.1 Å². The van der Waals surface area contributed by atoms with Crippen LogP contribution in [0.2, 0.25) is 0 Å². The fourth-order valence-corrected chi connectivity index (χ4v) is 5.40. The number of carbonyl (C=O) groups excluding carboxylic acids is 1. The number of aromatic amines is 1. The highest BCUT2D eigenvalue weighted by molar-refractivity contribution is 9.10. The lowest BCUT2D eigenvalue weighted by atomic mass is 10.0. The van der Waals surface area contributed by atoms with Gasteiger partial charge in [0.15, 0.2) is 9.84 Å². The van der Waals surface area contributed by atoms with Gasteiger partial charge >= 0.3 is 0 Å². The van der Waals surface area contributed by atoms with Crippen molar-refractivity contribution in [3.63, 3.8) is 0 Å². The minimum absolute atomic E-state index is 0.0653. The molecule has 188 valence electrons. The Kier molecular flexibility index (Phi) is 7.10. The van der Waals surface area contributed by atoms with Crippen molar-refractivity contribution in [2.75, 3.05) is 12.3 Å². The van der Waals surface area contributed by atoms with E-state index in [4.69, 9.17) is 4.74 Å². The lowest BCUT2D eigenvalue weighted by Gasteiger charge is -2.17. The Morgan fingerprint density at radius 3 is 2.56 bits per heavy atom. The summed E-state index contributed by atoms with van der Waals surface area (Å²) in [6.07, 6.45) is 1.62. The first-order chi connectivity index (χ1) is 17.1. The fourth-order valence-electron chi connectivity index (χ4n) is 3.95. The minimum Gasteiger partial charge on any atom is -0.455 e. The van der Waals surface area contributed by atoms with Gasteiger partial charge in [0, 0.05) is 36.3 Å². The average Bonchev–Trinajstić information content (AvgIpc) is 3.30. The Hall–Kier alpha value is -3.37. The van der Waals surface area contributed by atoms with Gasteiger partial charge in [-0.2, -0.15) is 0 Å². The number of halogens is 1. The van der Waals surface area contributed by atoms with Crippen LogP contribution in [-0.4, -0.2) is 36.2 Å². The third kappa shape index (κ3) is 4.70. The van der Waals surface area contributed by atoms with Crippen molar-refractivity contribution in [2.24, 2.45) is 7.05 Å². The zero-order valence-electron chi connectivity index (χ0n) is 20.3. The molecule has 4 rings (SSSR count). The second-order valence-corrected chi connectivity index (χ2v) is 11.5. The van der Waals surface area contributed by atoms with Gasteiger partial charge in [-0.05, 0) is 65.7 Å². The molecule has 0 saturated heterocycles. The minimum atomic E-state index is -3.53. The summed E-state index contributed by atoms with van der Waals surface area (Å²) in [4.78, 5) is 28.5. The van der Waals surface area contributed by atoms with Gasteiger partial charge in [-0.15, -0.1) is 0 Å². The number of sulfone groups is 1. The second kappa shape index (κ2) is 9.94. The molecule has 2 heterocycles. The number of ether oxygens (including phenoxy) is 1. The predicted octanol–water partition coefficient (Wildman–Crippen LogP) is 4.94. The lowest BCUT2D eigenvalue weighted by Crippen LogP contribution is -2.23. The molecule has 4 aromatic rings. The van der Waals surface area contributed by atoms with Crippen molar-refractivity contribution in [1.29, 1.82) is 0 Å². The zero-order valence-corrected chi connectivity index (χ0v) is 22.7. The summed E-state index contributed by atoms with van der Waals surface area (Å²) in [5, 5.41) is 3.21. The van der Waals surface area contributed by atoms with E-state index in [2.05, 4.69) is 26.2 Å². The molecular weight excluding hydrogens is 546 g/mol. The Morgan fingerprint density at radius 2 is 1.89 bits per heavy atom. The van der Waals surface area contributed by atoms with Crippen LogP contribution in [0.1, 0.15) is 29.9 Å². The van der Waals surface area contributed by atoms with Crippen LogP contribution in [0.15, 0.2) is 62.8 Å². The number of rotatable bonds is 7. The van der Waals surface area contributed by atoms with Crippen LogP contribution in [-0.2, 0) is 16.9 Å². The maximum Gasteiger partial charge on any atom is 0.274 e. The molecule has 1 amide bonds. The highest BCUT2D eigenvalue weighted by Gasteiger charge is 2.22. The number of fused-ring (bicyclic) bond motifs is 1. The van der Waals surface area contributed by atoms with Crippen LogP contribution in [0.5, 0.6) is 11.5 Å². The number of hydrogen-bond donors (Lipinski definition) is 2. The standard InChI is InChI=1S/C26H26BrN3O5S/c1-5-28-25(31)21-13-18-19(14-30(4)26(32)23(18)29-21)17-12-16(36(33,34)6-2)10-11-22(17)35-24-15(3)8-7-9-20(24)27/h7-14,29H,5-6H2,1-4H3,(H,28,31). The van der Waals surface area contributed by atoms with Crippen LogP contribution in [0, 0.1) is 6.92 Å². The number of carbonyl (C=O) groups is 1. The van der Waals surface area contributed by atoms with Crippen LogP contribution < -0.4 is 15.6 Å². The quantitative estimate of drug-likeness (QED) is 0.326. The molecule has 0 radical (unpaired) electrons. The molecule has 2 aromatic heterocycles. The maximum atomic E-state index is 12.9. The Labute approximate surface area is 217 Å². The molecule has 0 aliphatic rings. The number of para-hydroxylation sites is 1. The van der Waals surface area contributed by atoms with E-state index in [0.717, 1.165) is 10.0 Å². The summed E-state index contributed by atoms with van der Waals surface area (Å²) in [5.74, 6) is 0.581. The number of nitrogens with one attached hydrogen (secondary N) is 2. The van der Waals surface area contributed by atoms with Crippen LogP contribution >= 0.6 is 15.9 Å². The topological polar surface area (TPSA) is 110 Å². The number of aromatic nitrogens is 2. The third-order valence-electron chi connectivity index (χ3n) is 5.90. The van der Waals surface area contributed by atoms with Crippen LogP contribution in [0.25, 0.3) is 22.0 Å². The van der Waals surface area contributed by atoms with Gasteiger partial charge in [0.05, 0.1) is 15.1 Å². The van der Waals surface area contributed by atoms with Gasteiger partial charge < -0.3 is 19.6 Å². The summed E-state index contributed by atoms with van der Waals surface area (Å²) in [6.45, 7) is 5.72. The van der Waals surface area contributed by atoms with Crippen LogP contribution in [0.3, 0.4) is 0 Å². The van der Waals surface area contributed by atoms with E-state index in [-0.39, 0.29) is 33.3 Å². The predicted molar refractivity (Wildman–Crippen MR) is 144 cm³/mol. The van der Waals surface area contributed by atoms with E-state index in [1.165, 1.54) is 10.6 Å². The summed E-state index contributed by atoms with van der Waals surface area (Å²) in [7, 11) is -1.93. The summed E-state index contributed by atoms with van der Waals surface area (Å²) >= 11 is 3.52. The molecule has 0 atom stereocenters. The number of H-pyrrole nitrogens is 1. The SMILES string of the molecule is CCNC(=O)c1cc2c(-c3cc(S(=O)(=O)CC)ccc3Oc3c(C)cccc3Br)cn(C)c(=O)c2[nH]1. The Balaban J connectivity index is 2.03. The smallest absolute Gasteiger partial charge is 0.274 e. The number of aryl methyl sites for hydroxylation is 2. The molecule has 0 unspecified atom stereocenters. The largest absolute Gasteiger partial charge is 0.455 e. The molecular formula is C26H26BrN3O5S. The van der Waals surface area contributed by atoms with Crippen molar-refractivity contribution in [3.05, 3.63) is 74.7 Å². The first kappa shape index (κ1) is 25.7. The van der Waals surface area contributed by atoms with Crippen LogP contribution in [0.4, 0.5) is 0 Å². The van der Waals surface area contributed by atoms with Crippen molar-refractivity contribution in [1.82, 2.24) is 14.9 Å². The van der Waals surface area contributed by atoms with Gasteiger partial charge in [0.2, 0.25) is 0 Å². The summed E-state index contributed by atoms with van der Waals surface area (Å²) < 4.78 is 34.0. The normalized spacial score (nSPS) is 11.6. The van der Waals surface area contributed by atoms with Crippen molar-refractivity contribution in [3.8, 4) is 22.6 Å². The average molecular weight is 572 g/mol. The number of hydrogen-bond acceptors (Lipinski definition) is 5. The highest BCUT2D eigenvalue weighted by atomic mass is 79.9. The molecule has 36 heavy (non-hydrogen) atoms. The van der Waals surface area contributed by atoms with Gasteiger partial charge in [0.25, 0.3) is 11.5 Å². The van der Waals surface area contributed by atoms with E-state index in [1.54, 1.807) is 45.3 Å². The lowest BCUT2D eigenvalue weighted by molar-refractivity contribution is 0.0951. The Bertz CT molecular complexity index is 1630. The van der Waals surface area contributed by atoms with Crippen molar-refractivity contribution in [2.45, 2.75) is 25.7 Å². The molecule has 0 aliphatic heterocycles. The second-order valence-electron chi connectivity index (χ2n) is 8.34. The fraction of sp³-hybridized carbons (Fsp3) is 0.231. The van der Waals surface area contributed by atoms with E-state index >= 15 is 0 Å². The van der Waals surface area contributed by atoms with E-state index < -0.39 is 9.84 Å². The summed E-state index contributed by atoms with van der Waals surface area (Å²) in [6, 6.07) is 11.9. The molecule has 10 heteroatoms. The van der Waals surface area contributed by atoms with Gasteiger partial charge in [-0.3, -0.25) is 9.59 Å². The number of pyridine rings is 1. The van der Waals surface area contributed by atoms with E-state index in [0.29, 0.717) is 34.6 Å². The molecule has 2 aromatic carbocycles. The maximum absolute atomic E-state index is 12.9. The first-order valence-electron chi connectivity index (χ1n) is 11.4. The molecule has 0 bridgehead atoms.